The molecule has 1 aromatic carbocycles. The third-order valence-corrected chi connectivity index (χ3v) is 3.91. The molecule has 122 valence electrons. The topological polar surface area (TPSA) is 58.6 Å². The number of hydrogen-bond acceptors (Lipinski definition) is 3. The number of aliphatic hydroxyl groups is 1. The zero-order valence-electron chi connectivity index (χ0n) is 13.8. The van der Waals surface area contributed by atoms with Gasteiger partial charge in [0.2, 0.25) is 5.91 Å². The highest BCUT2D eigenvalue weighted by Crippen LogP contribution is 2.29. The zero-order valence-corrected chi connectivity index (χ0v) is 13.8. The first-order valence-electron chi connectivity index (χ1n) is 7.98. The van der Waals surface area contributed by atoms with Gasteiger partial charge >= 0.3 is 0 Å². The Morgan fingerprint density at radius 3 is 2.82 bits per heavy atom. The average Bonchev–Trinajstić information content (AvgIpc) is 2.45. The lowest BCUT2D eigenvalue weighted by Crippen LogP contribution is -2.40. The number of hydrogen-bond donors (Lipinski definition) is 2. The fourth-order valence-corrected chi connectivity index (χ4v) is 3.00. The average molecular weight is 305 g/mol. The normalized spacial score (nSPS) is 19.4. The summed E-state index contributed by atoms with van der Waals surface area (Å²) in [6, 6.07) is 7.93. The summed E-state index contributed by atoms with van der Waals surface area (Å²) in [6.45, 7) is 6.92. The number of amides is 1. The lowest BCUT2D eigenvalue weighted by Gasteiger charge is -2.28. The number of carbonyl (C=O) groups is 1. The molecule has 2 unspecified atom stereocenters. The van der Waals surface area contributed by atoms with Crippen LogP contribution in [0.25, 0.3) is 0 Å². The maximum absolute atomic E-state index is 12.3. The molecule has 4 nitrogen and oxygen atoms in total. The van der Waals surface area contributed by atoms with Gasteiger partial charge in [0.1, 0.15) is 0 Å². The van der Waals surface area contributed by atoms with Crippen molar-refractivity contribution in [2.24, 2.45) is 5.41 Å². The molecule has 2 rings (SSSR count). The molecule has 4 heteroatoms. The maximum Gasteiger partial charge on any atom is 0.223 e. The molecule has 0 fully saturated rings. The largest absolute Gasteiger partial charge is 0.394 e. The quantitative estimate of drug-likeness (QED) is 0.879. The van der Waals surface area contributed by atoms with Crippen LogP contribution in [0.4, 0.5) is 0 Å². The molecule has 0 spiro atoms. The highest BCUT2D eigenvalue weighted by Gasteiger charge is 2.25. The number of rotatable bonds is 5. The maximum atomic E-state index is 12.3. The first-order valence-corrected chi connectivity index (χ1v) is 7.98. The van der Waals surface area contributed by atoms with E-state index in [-0.39, 0.29) is 30.1 Å². The molecule has 22 heavy (non-hydrogen) atoms. The van der Waals surface area contributed by atoms with E-state index in [1.807, 2.05) is 18.2 Å². The van der Waals surface area contributed by atoms with Gasteiger partial charge in [0.05, 0.1) is 31.8 Å². The number of ether oxygens (including phenoxy) is 1. The van der Waals surface area contributed by atoms with Crippen molar-refractivity contribution < 1.29 is 14.6 Å². The number of carbonyl (C=O) groups excluding carboxylic acids is 1. The van der Waals surface area contributed by atoms with Gasteiger partial charge in [-0.15, -0.1) is 0 Å². The molecule has 0 aliphatic carbocycles. The smallest absolute Gasteiger partial charge is 0.223 e. The summed E-state index contributed by atoms with van der Waals surface area (Å²) in [5, 5.41) is 12.4. The summed E-state index contributed by atoms with van der Waals surface area (Å²) in [6.07, 6.45) is 1.77. The Bertz CT molecular complexity index is 507. The summed E-state index contributed by atoms with van der Waals surface area (Å²) in [7, 11) is 0. The second-order valence-corrected chi connectivity index (χ2v) is 7.22. The van der Waals surface area contributed by atoms with Crippen molar-refractivity contribution in [2.45, 2.75) is 52.2 Å². The monoisotopic (exact) mass is 305 g/mol. The highest BCUT2D eigenvalue weighted by atomic mass is 16.5. The standard InChI is InChI=1S/C18H27NO3/c1-18(2,3)11-14(12-20)19-17(21)10-16-15-7-5-4-6-13(15)8-9-22-16/h4-7,14,16,20H,8-12H2,1-3H3,(H,19,21). The molecule has 2 atom stereocenters. The van der Waals surface area contributed by atoms with Crippen molar-refractivity contribution in [3.05, 3.63) is 35.4 Å². The molecule has 0 saturated heterocycles. The summed E-state index contributed by atoms with van der Waals surface area (Å²) in [4.78, 5) is 12.3. The van der Waals surface area contributed by atoms with Gasteiger partial charge < -0.3 is 15.2 Å². The molecule has 0 bridgehead atoms. The molecule has 0 saturated carbocycles. The molecular formula is C18H27NO3. The minimum atomic E-state index is -0.202. The van der Waals surface area contributed by atoms with Crippen LogP contribution in [0.5, 0.6) is 0 Å². The van der Waals surface area contributed by atoms with Gasteiger partial charge in [-0.3, -0.25) is 4.79 Å². The molecule has 1 aliphatic rings. The Balaban J connectivity index is 1.95. The summed E-state index contributed by atoms with van der Waals surface area (Å²) >= 11 is 0. The summed E-state index contributed by atoms with van der Waals surface area (Å²) in [5.41, 5.74) is 2.44. The van der Waals surface area contributed by atoms with E-state index in [9.17, 15) is 9.90 Å². The van der Waals surface area contributed by atoms with Gasteiger partial charge in [-0.05, 0) is 29.4 Å². The lowest BCUT2D eigenvalue weighted by atomic mass is 9.88. The SMILES string of the molecule is CC(C)(C)CC(CO)NC(=O)CC1OCCc2ccccc21. The van der Waals surface area contributed by atoms with Gasteiger partial charge in [0, 0.05) is 0 Å². The predicted molar refractivity (Wildman–Crippen MR) is 86.5 cm³/mol. The van der Waals surface area contributed by atoms with E-state index in [2.05, 4.69) is 32.2 Å². The summed E-state index contributed by atoms with van der Waals surface area (Å²) < 4.78 is 5.77. The Morgan fingerprint density at radius 1 is 1.41 bits per heavy atom. The van der Waals surface area contributed by atoms with Crippen molar-refractivity contribution in [3.63, 3.8) is 0 Å². The minimum Gasteiger partial charge on any atom is -0.394 e. The van der Waals surface area contributed by atoms with Crippen molar-refractivity contribution in [3.8, 4) is 0 Å². The highest BCUT2D eigenvalue weighted by molar-refractivity contribution is 5.77. The zero-order chi connectivity index (χ0) is 16.2. The molecular weight excluding hydrogens is 278 g/mol. The fourth-order valence-electron chi connectivity index (χ4n) is 3.00. The van der Waals surface area contributed by atoms with Gasteiger partial charge in [-0.1, -0.05) is 45.0 Å². The molecule has 1 aliphatic heterocycles. The predicted octanol–water partition coefficient (Wildman–Crippen LogP) is 2.60. The van der Waals surface area contributed by atoms with Crippen LogP contribution in [0.15, 0.2) is 24.3 Å². The Kier molecular flexibility index (Phi) is 5.59. The van der Waals surface area contributed by atoms with Crippen molar-refractivity contribution >= 4 is 5.91 Å². The van der Waals surface area contributed by atoms with E-state index in [4.69, 9.17) is 4.74 Å². The molecule has 0 aromatic heterocycles. The number of benzene rings is 1. The number of nitrogens with one attached hydrogen (secondary N) is 1. The van der Waals surface area contributed by atoms with E-state index in [0.717, 1.165) is 18.4 Å². The van der Waals surface area contributed by atoms with Crippen molar-refractivity contribution in [2.75, 3.05) is 13.2 Å². The second-order valence-electron chi connectivity index (χ2n) is 7.22. The summed E-state index contributed by atoms with van der Waals surface area (Å²) in [5.74, 6) is -0.0648. The van der Waals surface area contributed by atoms with E-state index >= 15 is 0 Å². The second kappa shape index (κ2) is 7.25. The minimum absolute atomic E-state index is 0.0366. The van der Waals surface area contributed by atoms with Crippen LogP contribution in [0.3, 0.4) is 0 Å². The molecule has 2 N–H and O–H groups in total. The molecule has 1 aromatic rings. The van der Waals surface area contributed by atoms with Gasteiger partial charge in [-0.25, -0.2) is 0 Å². The van der Waals surface area contributed by atoms with Crippen molar-refractivity contribution in [1.82, 2.24) is 5.32 Å². The van der Waals surface area contributed by atoms with E-state index in [1.54, 1.807) is 0 Å². The van der Waals surface area contributed by atoms with Crippen LogP contribution in [0.2, 0.25) is 0 Å². The van der Waals surface area contributed by atoms with Gasteiger partial charge in [-0.2, -0.15) is 0 Å². The van der Waals surface area contributed by atoms with Gasteiger partial charge in [0.15, 0.2) is 0 Å². The first kappa shape index (κ1) is 17.0. The van der Waals surface area contributed by atoms with E-state index in [0.29, 0.717) is 13.0 Å². The first-order chi connectivity index (χ1) is 10.4. The van der Waals surface area contributed by atoms with Gasteiger partial charge in [0.25, 0.3) is 0 Å². The lowest BCUT2D eigenvalue weighted by molar-refractivity contribution is -0.125. The fraction of sp³-hybridized carbons (Fsp3) is 0.611. The molecule has 1 amide bonds. The molecule has 0 radical (unpaired) electrons. The van der Waals surface area contributed by atoms with Crippen LogP contribution in [0.1, 0.15) is 50.8 Å². The number of fused-ring (bicyclic) bond motifs is 1. The Morgan fingerprint density at radius 2 is 2.14 bits per heavy atom. The van der Waals surface area contributed by atoms with E-state index < -0.39 is 0 Å². The Labute approximate surface area is 132 Å². The Hall–Kier alpha value is -1.39. The van der Waals surface area contributed by atoms with Crippen LogP contribution < -0.4 is 5.32 Å². The van der Waals surface area contributed by atoms with Crippen molar-refractivity contribution in [1.29, 1.82) is 0 Å². The van der Waals surface area contributed by atoms with Crippen LogP contribution in [0, 0.1) is 5.41 Å². The van der Waals surface area contributed by atoms with Crippen LogP contribution in [-0.4, -0.2) is 30.3 Å². The number of aliphatic hydroxyl groups excluding tert-OH is 1. The van der Waals surface area contributed by atoms with Crippen LogP contribution >= 0.6 is 0 Å². The van der Waals surface area contributed by atoms with Crippen LogP contribution in [-0.2, 0) is 16.0 Å². The van der Waals surface area contributed by atoms with E-state index in [1.165, 1.54) is 5.56 Å². The third kappa shape index (κ3) is 4.82. The molecule has 1 heterocycles. The third-order valence-electron chi connectivity index (χ3n) is 3.91.